The fraction of sp³-hybridized carbons (Fsp3) is 0.320. The first-order valence-electron chi connectivity index (χ1n) is 10.6. The molecule has 0 bridgehead atoms. The van der Waals surface area contributed by atoms with Crippen molar-refractivity contribution in [2.45, 2.75) is 25.9 Å². The monoisotopic (exact) mass is 402 g/mol. The van der Waals surface area contributed by atoms with Crippen molar-refractivity contribution in [1.29, 1.82) is 0 Å². The Balaban J connectivity index is 1.20. The third-order valence-corrected chi connectivity index (χ3v) is 6.05. The van der Waals surface area contributed by atoms with Crippen molar-refractivity contribution in [1.82, 2.24) is 10.2 Å². The van der Waals surface area contributed by atoms with Gasteiger partial charge in [0.1, 0.15) is 0 Å². The van der Waals surface area contributed by atoms with Gasteiger partial charge in [0.25, 0.3) is 0 Å². The number of rotatable bonds is 5. The molecule has 5 nitrogen and oxygen atoms in total. The quantitative estimate of drug-likeness (QED) is 0.698. The average molecular weight is 402 g/mol. The highest BCUT2D eigenvalue weighted by molar-refractivity contribution is 5.85. The molecule has 1 fully saturated rings. The van der Waals surface area contributed by atoms with Crippen LogP contribution in [0.3, 0.4) is 0 Å². The Morgan fingerprint density at radius 3 is 2.87 bits per heavy atom. The summed E-state index contributed by atoms with van der Waals surface area (Å²) in [6, 6.07) is 20.8. The first-order valence-corrected chi connectivity index (χ1v) is 10.6. The molecular formula is C25H26N2O3. The number of nitrogens with one attached hydrogen (secondary N) is 1. The summed E-state index contributed by atoms with van der Waals surface area (Å²) in [6.45, 7) is 3.49. The van der Waals surface area contributed by atoms with E-state index in [1.807, 2.05) is 18.2 Å². The minimum absolute atomic E-state index is 0.0303. The molecule has 1 atom stereocenters. The third-order valence-electron chi connectivity index (χ3n) is 6.05. The van der Waals surface area contributed by atoms with Gasteiger partial charge in [-0.2, -0.15) is 0 Å². The minimum atomic E-state index is 0.0303. The van der Waals surface area contributed by atoms with Gasteiger partial charge in [-0.15, -0.1) is 0 Å². The van der Waals surface area contributed by atoms with Crippen molar-refractivity contribution >= 4 is 16.7 Å². The lowest BCUT2D eigenvalue weighted by Crippen LogP contribution is -2.42. The van der Waals surface area contributed by atoms with E-state index in [0.29, 0.717) is 6.54 Å². The van der Waals surface area contributed by atoms with Crippen LogP contribution in [-0.4, -0.2) is 30.7 Å². The van der Waals surface area contributed by atoms with E-state index in [0.717, 1.165) is 49.5 Å². The lowest BCUT2D eigenvalue weighted by molar-refractivity contribution is -0.126. The van der Waals surface area contributed by atoms with Crippen molar-refractivity contribution < 1.29 is 14.3 Å². The molecule has 0 radical (unpaired) electrons. The number of amides is 1. The Kier molecular flexibility index (Phi) is 5.28. The number of fused-ring (bicyclic) bond motifs is 2. The average Bonchev–Trinajstić information content (AvgIpc) is 3.26. The van der Waals surface area contributed by atoms with Crippen LogP contribution in [0.15, 0.2) is 60.7 Å². The highest BCUT2D eigenvalue weighted by Gasteiger charge is 2.26. The predicted molar refractivity (Wildman–Crippen MR) is 116 cm³/mol. The zero-order valence-corrected chi connectivity index (χ0v) is 17.0. The van der Waals surface area contributed by atoms with Gasteiger partial charge < -0.3 is 14.8 Å². The second-order valence-electron chi connectivity index (χ2n) is 8.12. The van der Waals surface area contributed by atoms with E-state index in [1.54, 1.807) is 0 Å². The molecule has 3 aromatic rings. The Hall–Kier alpha value is -3.05. The molecule has 3 aromatic carbocycles. The van der Waals surface area contributed by atoms with Crippen LogP contribution in [0.5, 0.6) is 11.5 Å². The van der Waals surface area contributed by atoms with Crippen LogP contribution in [0.2, 0.25) is 0 Å². The fourth-order valence-corrected chi connectivity index (χ4v) is 4.47. The van der Waals surface area contributed by atoms with Crippen molar-refractivity contribution in [2.75, 3.05) is 19.9 Å². The summed E-state index contributed by atoms with van der Waals surface area (Å²) in [4.78, 5) is 15.2. The fourth-order valence-electron chi connectivity index (χ4n) is 4.47. The summed E-state index contributed by atoms with van der Waals surface area (Å²) in [5.41, 5.74) is 2.35. The van der Waals surface area contributed by atoms with E-state index in [1.165, 1.54) is 16.3 Å². The number of likely N-dealkylation sites (tertiary alicyclic amines) is 1. The summed E-state index contributed by atoms with van der Waals surface area (Å²) < 4.78 is 10.8. The van der Waals surface area contributed by atoms with Crippen LogP contribution in [0.1, 0.15) is 24.0 Å². The summed E-state index contributed by atoms with van der Waals surface area (Å²) in [6.07, 6.45) is 1.99. The topological polar surface area (TPSA) is 50.8 Å². The van der Waals surface area contributed by atoms with Crippen molar-refractivity contribution in [3.05, 3.63) is 71.8 Å². The maximum Gasteiger partial charge on any atom is 0.231 e. The molecule has 1 unspecified atom stereocenters. The SMILES string of the molecule is O=C(NCc1ccc2c(c1)OCO2)C1CCCN(Cc2cccc3ccccc23)C1. The van der Waals surface area contributed by atoms with Crippen LogP contribution in [0.25, 0.3) is 10.8 Å². The van der Waals surface area contributed by atoms with Gasteiger partial charge in [-0.3, -0.25) is 9.69 Å². The molecule has 2 heterocycles. The molecule has 0 aliphatic carbocycles. The molecular weight excluding hydrogens is 376 g/mol. The Bertz CT molecular complexity index is 1060. The Morgan fingerprint density at radius 1 is 1.03 bits per heavy atom. The first-order chi connectivity index (χ1) is 14.8. The summed E-state index contributed by atoms with van der Waals surface area (Å²) >= 11 is 0. The van der Waals surface area contributed by atoms with Gasteiger partial charge >= 0.3 is 0 Å². The molecule has 1 N–H and O–H groups in total. The molecule has 2 aliphatic rings. The number of carbonyl (C=O) groups is 1. The number of benzene rings is 3. The largest absolute Gasteiger partial charge is 0.454 e. The smallest absolute Gasteiger partial charge is 0.231 e. The maximum absolute atomic E-state index is 12.8. The minimum Gasteiger partial charge on any atom is -0.454 e. The van der Waals surface area contributed by atoms with E-state index in [-0.39, 0.29) is 18.6 Å². The molecule has 30 heavy (non-hydrogen) atoms. The van der Waals surface area contributed by atoms with Gasteiger partial charge in [0, 0.05) is 19.6 Å². The van der Waals surface area contributed by atoms with Crippen molar-refractivity contribution in [3.63, 3.8) is 0 Å². The molecule has 5 rings (SSSR count). The molecule has 0 aromatic heterocycles. The van der Waals surface area contributed by atoms with E-state index >= 15 is 0 Å². The number of hydrogen-bond donors (Lipinski definition) is 1. The van der Waals surface area contributed by atoms with Crippen LogP contribution >= 0.6 is 0 Å². The van der Waals surface area contributed by atoms with Crippen LogP contribution in [0.4, 0.5) is 0 Å². The Morgan fingerprint density at radius 2 is 1.90 bits per heavy atom. The van der Waals surface area contributed by atoms with Crippen LogP contribution < -0.4 is 14.8 Å². The lowest BCUT2D eigenvalue weighted by Gasteiger charge is -2.32. The van der Waals surface area contributed by atoms with Gasteiger partial charge in [-0.25, -0.2) is 0 Å². The molecule has 154 valence electrons. The van der Waals surface area contributed by atoms with Gasteiger partial charge in [0.05, 0.1) is 5.92 Å². The molecule has 0 saturated carbocycles. The zero-order chi connectivity index (χ0) is 20.3. The van der Waals surface area contributed by atoms with E-state index < -0.39 is 0 Å². The molecule has 1 amide bonds. The second-order valence-corrected chi connectivity index (χ2v) is 8.12. The van der Waals surface area contributed by atoms with Gasteiger partial charge in [-0.05, 0) is 53.4 Å². The summed E-state index contributed by atoms with van der Waals surface area (Å²) in [5, 5.41) is 5.68. The molecule has 0 spiro atoms. The van der Waals surface area contributed by atoms with E-state index in [4.69, 9.17) is 9.47 Å². The first kappa shape index (κ1) is 18.9. The molecule has 1 saturated heterocycles. The second kappa shape index (κ2) is 8.36. The Labute approximate surface area is 176 Å². The van der Waals surface area contributed by atoms with E-state index in [9.17, 15) is 4.79 Å². The van der Waals surface area contributed by atoms with Crippen molar-refractivity contribution in [3.8, 4) is 11.5 Å². The number of ether oxygens (including phenoxy) is 2. The van der Waals surface area contributed by atoms with Crippen molar-refractivity contribution in [2.24, 2.45) is 5.92 Å². The zero-order valence-electron chi connectivity index (χ0n) is 17.0. The summed E-state index contributed by atoms with van der Waals surface area (Å²) in [7, 11) is 0. The van der Waals surface area contributed by atoms with Gasteiger partial charge in [-0.1, -0.05) is 48.5 Å². The van der Waals surface area contributed by atoms with Gasteiger partial charge in [0.2, 0.25) is 12.7 Å². The number of nitrogens with zero attached hydrogens (tertiary/aromatic N) is 1. The third kappa shape index (κ3) is 3.98. The van der Waals surface area contributed by atoms with Crippen LogP contribution in [0, 0.1) is 5.92 Å². The highest BCUT2D eigenvalue weighted by atomic mass is 16.7. The number of hydrogen-bond acceptors (Lipinski definition) is 4. The standard InChI is InChI=1S/C25H26N2O3/c28-25(26-14-18-10-11-23-24(13-18)30-17-29-23)21-8-4-12-27(16-21)15-20-7-3-6-19-5-1-2-9-22(19)20/h1-3,5-7,9-11,13,21H,4,8,12,14-17H2,(H,26,28). The van der Waals surface area contributed by atoms with Gasteiger partial charge in [0.15, 0.2) is 11.5 Å². The highest BCUT2D eigenvalue weighted by Crippen LogP contribution is 2.32. The number of carbonyl (C=O) groups excluding carboxylic acids is 1. The predicted octanol–water partition coefficient (Wildman–Crippen LogP) is 4.10. The maximum atomic E-state index is 12.8. The van der Waals surface area contributed by atoms with Crippen LogP contribution in [-0.2, 0) is 17.9 Å². The molecule has 2 aliphatic heterocycles. The lowest BCUT2D eigenvalue weighted by atomic mass is 9.96. The molecule has 5 heteroatoms. The summed E-state index contributed by atoms with van der Waals surface area (Å²) in [5.74, 6) is 1.68. The normalized spacial score (nSPS) is 18.5. The number of piperidine rings is 1. The van der Waals surface area contributed by atoms with E-state index in [2.05, 4.69) is 52.7 Å².